The second-order valence-corrected chi connectivity index (χ2v) is 5.76. The molecule has 1 atom stereocenters. The predicted molar refractivity (Wildman–Crippen MR) is 102 cm³/mol. The Morgan fingerprint density at radius 1 is 1.07 bits per heavy atom. The number of rotatable bonds is 7. The maximum absolute atomic E-state index is 12.4. The Bertz CT molecular complexity index is 851. The Hall–Kier alpha value is -3.62. The van der Waals surface area contributed by atoms with Crippen molar-refractivity contribution in [2.75, 3.05) is 23.1 Å². The van der Waals surface area contributed by atoms with Crippen LogP contribution < -0.4 is 20.7 Å². The van der Waals surface area contributed by atoms with E-state index in [2.05, 4.69) is 16.0 Å². The van der Waals surface area contributed by atoms with Crippen LogP contribution in [0, 0.1) is 10.1 Å². The van der Waals surface area contributed by atoms with Crippen molar-refractivity contribution in [2.24, 2.45) is 0 Å². The zero-order valence-corrected chi connectivity index (χ0v) is 15.1. The summed E-state index contributed by atoms with van der Waals surface area (Å²) in [4.78, 5) is 33.8. The van der Waals surface area contributed by atoms with Crippen LogP contribution in [0.5, 0.6) is 5.75 Å². The van der Waals surface area contributed by atoms with Gasteiger partial charge >= 0.3 is 0 Å². The van der Waals surface area contributed by atoms with Gasteiger partial charge in [0.05, 0.1) is 17.7 Å². The molecule has 0 heterocycles. The molecule has 27 heavy (non-hydrogen) atoms. The summed E-state index contributed by atoms with van der Waals surface area (Å²) < 4.78 is 5.13. The normalized spacial score (nSPS) is 11.2. The molecule has 0 spiro atoms. The predicted octanol–water partition coefficient (Wildman–Crippen LogP) is 3.00. The van der Waals surface area contributed by atoms with Crippen LogP contribution >= 0.6 is 0 Å². The number of hydrogen-bond donors (Lipinski definition) is 3. The minimum absolute atomic E-state index is 0.153. The third kappa shape index (κ3) is 5.43. The van der Waals surface area contributed by atoms with E-state index in [4.69, 9.17) is 4.74 Å². The molecule has 0 aliphatic heterocycles. The van der Waals surface area contributed by atoms with Gasteiger partial charge in [-0.25, -0.2) is 0 Å². The van der Waals surface area contributed by atoms with E-state index in [0.29, 0.717) is 17.1 Å². The Labute approximate surface area is 155 Å². The van der Waals surface area contributed by atoms with E-state index in [1.54, 1.807) is 31.2 Å². The quantitative estimate of drug-likeness (QED) is 0.507. The highest BCUT2D eigenvalue weighted by atomic mass is 16.6. The lowest BCUT2D eigenvalue weighted by Gasteiger charge is -2.17. The van der Waals surface area contributed by atoms with Gasteiger partial charge in [0.15, 0.2) is 0 Å². The summed E-state index contributed by atoms with van der Waals surface area (Å²) in [5.41, 5.74) is 1.39. The minimum Gasteiger partial charge on any atom is -0.495 e. The van der Waals surface area contributed by atoms with Gasteiger partial charge in [0.1, 0.15) is 11.8 Å². The molecule has 2 rings (SSSR count). The first-order valence-corrected chi connectivity index (χ1v) is 8.07. The van der Waals surface area contributed by atoms with E-state index < -0.39 is 11.0 Å². The van der Waals surface area contributed by atoms with Crippen molar-refractivity contribution in [3.8, 4) is 5.75 Å². The van der Waals surface area contributed by atoms with Gasteiger partial charge in [0.2, 0.25) is 11.8 Å². The molecule has 3 N–H and O–H groups in total. The molecule has 0 bridgehead atoms. The maximum atomic E-state index is 12.4. The molecule has 0 unspecified atom stereocenters. The van der Waals surface area contributed by atoms with Crippen molar-refractivity contribution in [1.29, 1.82) is 0 Å². The number of nitro groups is 1. The highest BCUT2D eigenvalue weighted by Crippen LogP contribution is 2.29. The van der Waals surface area contributed by atoms with Gasteiger partial charge in [-0.3, -0.25) is 19.7 Å². The summed E-state index contributed by atoms with van der Waals surface area (Å²) >= 11 is 0. The number of non-ortho nitro benzene ring substituents is 1. The van der Waals surface area contributed by atoms with Crippen LogP contribution in [0.2, 0.25) is 0 Å². The van der Waals surface area contributed by atoms with Crippen molar-refractivity contribution in [1.82, 2.24) is 0 Å². The fraction of sp³-hybridized carbons (Fsp3) is 0.222. The van der Waals surface area contributed by atoms with Gasteiger partial charge in [0.25, 0.3) is 5.69 Å². The first kappa shape index (κ1) is 19.7. The number of benzene rings is 2. The minimum atomic E-state index is -0.624. The fourth-order valence-electron chi connectivity index (χ4n) is 2.32. The number of amides is 2. The van der Waals surface area contributed by atoms with Crippen molar-refractivity contribution in [3.63, 3.8) is 0 Å². The van der Waals surface area contributed by atoms with E-state index in [-0.39, 0.29) is 23.2 Å². The van der Waals surface area contributed by atoms with Gasteiger partial charge in [-0.05, 0) is 37.3 Å². The summed E-state index contributed by atoms with van der Waals surface area (Å²) in [5.74, 6) is -0.241. The number of carbonyl (C=O) groups is 2. The lowest BCUT2D eigenvalue weighted by atomic mass is 10.2. The Kier molecular flexibility index (Phi) is 6.32. The number of nitro benzene ring substituents is 1. The van der Waals surface area contributed by atoms with E-state index in [9.17, 15) is 19.7 Å². The smallest absolute Gasteiger partial charge is 0.271 e. The Morgan fingerprint density at radius 3 is 2.26 bits per heavy atom. The average molecular weight is 372 g/mol. The molecule has 0 saturated carbocycles. The molecule has 0 aliphatic carbocycles. The first-order chi connectivity index (χ1) is 12.8. The molecule has 2 amide bonds. The van der Waals surface area contributed by atoms with Crippen LogP contribution in [0.3, 0.4) is 0 Å². The van der Waals surface area contributed by atoms with Crippen LogP contribution in [0.25, 0.3) is 0 Å². The number of methoxy groups -OCH3 is 1. The molecule has 0 fully saturated rings. The van der Waals surface area contributed by atoms with Crippen molar-refractivity contribution < 1.29 is 19.2 Å². The van der Waals surface area contributed by atoms with Crippen molar-refractivity contribution in [3.05, 3.63) is 52.6 Å². The standard InChI is InChI=1S/C18H20N4O5/c1-11(19-13-4-6-14(7-5-13)20-12(2)23)18(24)21-16-10-15(22(25)26)8-9-17(16)27-3/h4-11,19H,1-3H3,(H,20,23)(H,21,24)/t11-/m1/s1. The summed E-state index contributed by atoms with van der Waals surface area (Å²) in [5, 5.41) is 19.2. The topological polar surface area (TPSA) is 123 Å². The molecule has 0 saturated heterocycles. The van der Waals surface area contributed by atoms with Gasteiger partial charge in [-0.15, -0.1) is 0 Å². The van der Waals surface area contributed by atoms with E-state index in [1.807, 2.05) is 0 Å². The SMILES string of the molecule is COc1ccc([N+](=O)[O-])cc1NC(=O)[C@@H](C)Nc1ccc(NC(C)=O)cc1. The van der Waals surface area contributed by atoms with Crippen LogP contribution in [0.1, 0.15) is 13.8 Å². The molecule has 9 nitrogen and oxygen atoms in total. The number of nitrogens with zero attached hydrogens (tertiary/aromatic N) is 1. The Morgan fingerprint density at radius 2 is 1.70 bits per heavy atom. The largest absolute Gasteiger partial charge is 0.495 e. The number of ether oxygens (including phenoxy) is 1. The number of anilines is 3. The monoisotopic (exact) mass is 372 g/mol. The van der Waals surface area contributed by atoms with Crippen LogP contribution in [-0.2, 0) is 9.59 Å². The zero-order chi connectivity index (χ0) is 20.0. The molecule has 0 radical (unpaired) electrons. The second-order valence-electron chi connectivity index (χ2n) is 5.76. The molecule has 0 aliphatic rings. The molecule has 2 aromatic carbocycles. The van der Waals surface area contributed by atoms with Gasteiger partial charge in [-0.1, -0.05) is 0 Å². The zero-order valence-electron chi connectivity index (χ0n) is 15.1. The van der Waals surface area contributed by atoms with Gasteiger partial charge in [0, 0.05) is 30.4 Å². The lowest BCUT2D eigenvalue weighted by Crippen LogP contribution is -2.32. The van der Waals surface area contributed by atoms with E-state index in [0.717, 1.165) is 0 Å². The molecule has 2 aromatic rings. The molecule has 9 heteroatoms. The Balaban J connectivity index is 2.06. The second kappa shape index (κ2) is 8.65. The number of carbonyl (C=O) groups excluding carboxylic acids is 2. The maximum Gasteiger partial charge on any atom is 0.271 e. The summed E-state index contributed by atoms with van der Waals surface area (Å²) in [7, 11) is 1.41. The fourth-order valence-corrected chi connectivity index (χ4v) is 2.32. The third-order valence-electron chi connectivity index (χ3n) is 3.63. The van der Waals surface area contributed by atoms with Gasteiger partial charge in [-0.2, -0.15) is 0 Å². The van der Waals surface area contributed by atoms with Crippen molar-refractivity contribution in [2.45, 2.75) is 19.9 Å². The highest BCUT2D eigenvalue weighted by molar-refractivity contribution is 5.97. The summed E-state index contributed by atoms with van der Waals surface area (Å²) in [6, 6.07) is 10.2. The summed E-state index contributed by atoms with van der Waals surface area (Å²) in [6.45, 7) is 3.07. The summed E-state index contributed by atoms with van der Waals surface area (Å²) in [6.07, 6.45) is 0. The first-order valence-electron chi connectivity index (χ1n) is 8.07. The molecular formula is C18H20N4O5. The lowest BCUT2D eigenvalue weighted by molar-refractivity contribution is -0.384. The van der Waals surface area contributed by atoms with Crippen LogP contribution in [0.15, 0.2) is 42.5 Å². The number of hydrogen-bond acceptors (Lipinski definition) is 6. The average Bonchev–Trinajstić information content (AvgIpc) is 2.62. The molecular weight excluding hydrogens is 352 g/mol. The van der Waals surface area contributed by atoms with E-state index in [1.165, 1.54) is 32.2 Å². The van der Waals surface area contributed by atoms with Gasteiger partial charge < -0.3 is 20.7 Å². The van der Waals surface area contributed by atoms with Crippen molar-refractivity contribution >= 4 is 34.6 Å². The van der Waals surface area contributed by atoms with E-state index >= 15 is 0 Å². The van der Waals surface area contributed by atoms with Crippen LogP contribution in [0.4, 0.5) is 22.7 Å². The third-order valence-corrected chi connectivity index (χ3v) is 3.63. The number of nitrogens with one attached hydrogen (secondary N) is 3. The van der Waals surface area contributed by atoms with Crippen LogP contribution in [-0.4, -0.2) is 29.9 Å². The highest BCUT2D eigenvalue weighted by Gasteiger charge is 2.17. The molecule has 142 valence electrons. The molecule has 0 aromatic heterocycles.